The Morgan fingerprint density at radius 1 is 1.05 bits per heavy atom. The van der Waals surface area contributed by atoms with Crippen molar-refractivity contribution < 1.29 is 32.6 Å². The fraction of sp³-hybridized carbons (Fsp3) is 0.133. The van der Waals surface area contributed by atoms with Crippen LogP contribution in [0.1, 0.15) is 17.2 Å². The van der Waals surface area contributed by atoms with Gasteiger partial charge in [0.2, 0.25) is 0 Å². The molecule has 0 radical (unpaired) electrons. The minimum absolute atomic E-state index is 0.252. The molecule has 7 heteroatoms. The van der Waals surface area contributed by atoms with E-state index in [4.69, 9.17) is 5.11 Å². The molecule has 0 spiro atoms. The normalized spacial score (nSPS) is 13.0. The monoisotopic (exact) mass is 314 g/mol. The average Bonchev–Trinajstić information content (AvgIpc) is 2.45. The molecule has 0 saturated heterocycles. The molecule has 0 saturated carbocycles. The molecule has 0 aromatic heterocycles. The van der Waals surface area contributed by atoms with Crippen molar-refractivity contribution in [1.82, 2.24) is 0 Å². The first-order valence-corrected chi connectivity index (χ1v) is 6.08. The summed E-state index contributed by atoms with van der Waals surface area (Å²) in [5, 5.41) is 18.0. The summed E-state index contributed by atoms with van der Waals surface area (Å²) in [4.78, 5) is 10.6. The van der Waals surface area contributed by atoms with Crippen molar-refractivity contribution in [3.8, 4) is 11.1 Å². The third kappa shape index (κ3) is 3.09. The molecule has 0 bridgehead atoms. The molecular weight excluding hydrogens is 304 g/mol. The Hall–Kier alpha value is -2.41. The SMILES string of the molecule is O=C(O)C(O)c1ccc(-c2ccccc2C(F)(F)F)c(F)c1. The van der Waals surface area contributed by atoms with Gasteiger partial charge in [0, 0.05) is 5.56 Å². The van der Waals surface area contributed by atoms with Gasteiger partial charge in [-0.05, 0) is 23.3 Å². The zero-order valence-electron chi connectivity index (χ0n) is 10.9. The van der Waals surface area contributed by atoms with E-state index in [1.807, 2.05) is 0 Å². The Morgan fingerprint density at radius 2 is 1.68 bits per heavy atom. The van der Waals surface area contributed by atoms with E-state index in [1.54, 1.807) is 0 Å². The molecule has 0 heterocycles. The maximum absolute atomic E-state index is 14.1. The number of aliphatic carboxylic acids is 1. The van der Waals surface area contributed by atoms with Crippen molar-refractivity contribution in [3.63, 3.8) is 0 Å². The van der Waals surface area contributed by atoms with Crippen LogP contribution in [0.15, 0.2) is 42.5 Å². The van der Waals surface area contributed by atoms with Crippen LogP contribution in [0.3, 0.4) is 0 Å². The second-order valence-electron chi connectivity index (χ2n) is 4.52. The molecule has 3 nitrogen and oxygen atoms in total. The van der Waals surface area contributed by atoms with E-state index in [0.717, 1.165) is 24.3 Å². The first kappa shape index (κ1) is 16.0. The minimum Gasteiger partial charge on any atom is -0.479 e. The van der Waals surface area contributed by atoms with Crippen LogP contribution in [-0.2, 0) is 11.0 Å². The third-order valence-corrected chi connectivity index (χ3v) is 3.07. The molecule has 0 aliphatic carbocycles. The summed E-state index contributed by atoms with van der Waals surface area (Å²) in [6.45, 7) is 0. The van der Waals surface area contributed by atoms with Gasteiger partial charge in [-0.2, -0.15) is 13.2 Å². The van der Waals surface area contributed by atoms with Gasteiger partial charge in [-0.3, -0.25) is 0 Å². The van der Waals surface area contributed by atoms with Gasteiger partial charge in [0.1, 0.15) is 5.82 Å². The number of rotatable bonds is 3. The van der Waals surface area contributed by atoms with E-state index in [-0.39, 0.29) is 16.7 Å². The highest BCUT2D eigenvalue weighted by Gasteiger charge is 2.34. The molecule has 0 aliphatic rings. The van der Waals surface area contributed by atoms with Crippen molar-refractivity contribution in [2.75, 3.05) is 0 Å². The molecule has 22 heavy (non-hydrogen) atoms. The molecule has 2 aromatic carbocycles. The fourth-order valence-corrected chi connectivity index (χ4v) is 2.03. The number of aliphatic hydroxyl groups excluding tert-OH is 1. The molecule has 0 aliphatic heterocycles. The molecule has 0 fully saturated rings. The number of hydrogen-bond donors (Lipinski definition) is 2. The number of halogens is 4. The Bertz CT molecular complexity index is 710. The Kier molecular flexibility index (Phi) is 4.18. The van der Waals surface area contributed by atoms with E-state index >= 15 is 0 Å². The summed E-state index contributed by atoms with van der Waals surface area (Å²) in [7, 11) is 0. The number of aliphatic hydroxyl groups is 1. The summed E-state index contributed by atoms with van der Waals surface area (Å²) in [6.07, 6.45) is -6.59. The zero-order chi connectivity index (χ0) is 16.5. The predicted molar refractivity (Wildman–Crippen MR) is 69.4 cm³/mol. The Morgan fingerprint density at radius 3 is 2.23 bits per heavy atom. The predicted octanol–water partition coefficient (Wildman–Crippen LogP) is 3.63. The quantitative estimate of drug-likeness (QED) is 0.851. The standard InChI is InChI=1S/C15H10F4O3/c16-12-7-8(13(20)14(21)22)5-6-10(12)9-3-1-2-4-11(9)15(17,18)19/h1-7,13,20H,(H,21,22). The van der Waals surface area contributed by atoms with Crippen molar-refractivity contribution in [2.45, 2.75) is 12.3 Å². The summed E-state index contributed by atoms with van der Waals surface area (Å²) in [5.41, 5.74) is -1.93. The molecule has 1 atom stereocenters. The second-order valence-corrected chi connectivity index (χ2v) is 4.52. The minimum atomic E-state index is -4.65. The van der Waals surface area contributed by atoms with Gasteiger partial charge in [-0.25, -0.2) is 9.18 Å². The number of hydrogen-bond acceptors (Lipinski definition) is 2. The third-order valence-electron chi connectivity index (χ3n) is 3.07. The van der Waals surface area contributed by atoms with Gasteiger partial charge in [0.05, 0.1) is 5.56 Å². The number of carboxylic acid groups (broad SMARTS) is 1. The lowest BCUT2D eigenvalue weighted by Gasteiger charge is -2.14. The molecule has 116 valence electrons. The second kappa shape index (κ2) is 5.76. The molecule has 0 amide bonds. The van der Waals surface area contributed by atoms with Crippen LogP contribution in [0.2, 0.25) is 0 Å². The molecule has 2 N–H and O–H groups in total. The Balaban J connectivity index is 2.54. The summed E-state index contributed by atoms with van der Waals surface area (Å²) in [6, 6.07) is 7.27. The van der Waals surface area contributed by atoms with Crippen LogP contribution in [-0.4, -0.2) is 16.2 Å². The summed E-state index contributed by atoms with van der Waals surface area (Å²) >= 11 is 0. The maximum atomic E-state index is 14.1. The highest BCUT2D eigenvalue weighted by Crippen LogP contribution is 2.38. The van der Waals surface area contributed by atoms with Gasteiger partial charge in [-0.1, -0.05) is 30.3 Å². The lowest BCUT2D eigenvalue weighted by Crippen LogP contribution is -2.11. The zero-order valence-corrected chi connectivity index (χ0v) is 10.9. The first-order valence-electron chi connectivity index (χ1n) is 6.08. The van der Waals surface area contributed by atoms with Gasteiger partial charge in [0.15, 0.2) is 6.10 Å². The van der Waals surface area contributed by atoms with Crippen LogP contribution in [0.4, 0.5) is 17.6 Å². The maximum Gasteiger partial charge on any atom is 0.417 e. The van der Waals surface area contributed by atoms with Crippen molar-refractivity contribution in [1.29, 1.82) is 0 Å². The van der Waals surface area contributed by atoms with Crippen LogP contribution >= 0.6 is 0 Å². The van der Waals surface area contributed by atoms with E-state index in [0.29, 0.717) is 6.07 Å². The van der Waals surface area contributed by atoms with Gasteiger partial charge < -0.3 is 10.2 Å². The summed E-state index contributed by atoms with van der Waals surface area (Å²) in [5.74, 6) is -2.63. The number of carbonyl (C=O) groups is 1. The molecule has 2 aromatic rings. The van der Waals surface area contributed by atoms with E-state index in [9.17, 15) is 27.5 Å². The summed E-state index contributed by atoms with van der Waals surface area (Å²) < 4.78 is 52.9. The van der Waals surface area contributed by atoms with Gasteiger partial charge >= 0.3 is 12.1 Å². The molecule has 1 unspecified atom stereocenters. The van der Waals surface area contributed by atoms with E-state index in [1.165, 1.54) is 12.1 Å². The number of carboxylic acids is 1. The van der Waals surface area contributed by atoms with Crippen molar-refractivity contribution in [2.24, 2.45) is 0 Å². The van der Waals surface area contributed by atoms with Gasteiger partial charge in [0.25, 0.3) is 0 Å². The van der Waals surface area contributed by atoms with Gasteiger partial charge in [-0.15, -0.1) is 0 Å². The Labute approximate surface area is 122 Å². The van der Waals surface area contributed by atoms with Crippen LogP contribution < -0.4 is 0 Å². The van der Waals surface area contributed by atoms with E-state index in [2.05, 4.69) is 0 Å². The van der Waals surface area contributed by atoms with Crippen molar-refractivity contribution in [3.05, 3.63) is 59.4 Å². The van der Waals surface area contributed by atoms with Crippen LogP contribution in [0.5, 0.6) is 0 Å². The first-order chi connectivity index (χ1) is 10.2. The lowest BCUT2D eigenvalue weighted by molar-refractivity contribution is -0.147. The number of alkyl halides is 3. The van der Waals surface area contributed by atoms with Crippen molar-refractivity contribution >= 4 is 5.97 Å². The topological polar surface area (TPSA) is 57.5 Å². The molecular formula is C15H10F4O3. The van der Waals surface area contributed by atoms with Crippen LogP contribution in [0.25, 0.3) is 11.1 Å². The highest BCUT2D eigenvalue weighted by molar-refractivity contribution is 5.75. The largest absolute Gasteiger partial charge is 0.479 e. The molecule has 2 rings (SSSR count). The van der Waals surface area contributed by atoms with Crippen LogP contribution in [0, 0.1) is 5.82 Å². The average molecular weight is 314 g/mol. The van der Waals surface area contributed by atoms with E-state index < -0.39 is 29.6 Å². The number of benzene rings is 2. The fourth-order valence-electron chi connectivity index (χ4n) is 2.03. The smallest absolute Gasteiger partial charge is 0.417 e. The highest BCUT2D eigenvalue weighted by atomic mass is 19.4. The lowest BCUT2D eigenvalue weighted by atomic mass is 9.96.